The molecule has 0 amide bonds. The first-order valence-electron chi connectivity index (χ1n) is 6.58. The highest BCUT2D eigenvalue weighted by molar-refractivity contribution is 8.00. The largest absolute Gasteiger partial charge is 0.431 e. The monoisotopic (exact) mass is 335 g/mol. The number of oxazole rings is 1. The van der Waals surface area contributed by atoms with Crippen molar-refractivity contribution in [1.82, 2.24) is 4.98 Å². The zero-order valence-corrected chi connectivity index (χ0v) is 13.1. The third-order valence-corrected chi connectivity index (χ3v) is 5.04. The summed E-state index contributed by atoms with van der Waals surface area (Å²) in [5, 5.41) is 0.455. The van der Waals surface area contributed by atoms with Crippen LogP contribution >= 0.6 is 11.8 Å². The zero-order chi connectivity index (χ0) is 15.4. The highest BCUT2D eigenvalue weighted by Gasteiger charge is 2.14. The van der Waals surface area contributed by atoms with Gasteiger partial charge in [-0.05, 0) is 24.3 Å². The van der Waals surface area contributed by atoms with Crippen molar-refractivity contribution < 1.29 is 17.0 Å². The van der Waals surface area contributed by atoms with Crippen LogP contribution in [0, 0.1) is 0 Å². The molecule has 0 fully saturated rings. The van der Waals surface area contributed by atoms with Crippen molar-refractivity contribution in [2.75, 3.05) is 11.5 Å². The maximum Gasteiger partial charge on any atom is 0.310 e. The van der Waals surface area contributed by atoms with Crippen molar-refractivity contribution in [2.45, 2.75) is 5.22 Å². The fourth-order valence-electron chi connectivity index (χ4n) is 1.81. The zero-order valence-electron chi connectivity index (χ0n) is 11.5. The van der Waals surface area contributed by atoms with Crippen molar-refractivity contribution in [3.63, 3.8) is 0 Å². The first kappa shape index (κ1) is 14.9. The Morgan fingerprint density at radius 2 is 1.77 bits per heavy atom. The van der Waals surface area contributed by atoms with Gasteiger partial charge in [-0.3, -0.25) is 0 Å². The number of benzene rings is 2. The van der Waals surface area contributed by atoms with Gasteiger partial charge in [-0.1, -0.05) is 42.1 Å². The number of hydrogen-bond acceptors (Lipinski definition) is 6. The average molecular weight is 335 g/mol. The van der Waals surface area contributed by atoms with Gasteiger partial charge in [0.05, 0.1) is 5.75 Å². The lowest BCUT2D eigenvalue weighted by Gasteiger charge is -2.05. The van der Waals surface area contributed by atoms with Crippen LogP contribution in [0.2, 0.25) is 0 Å². The number of para-hydroxylation sites is 3. The minimum atomic E-state index is -3.63. The quantitative estimate of drug-likeness (QED) is 0.508. The van der Waals surface area contributed by atoms with E-state index in [1.807, 2.05) is 24.3 Å². The molecule has 0 spiro atoms. The van der Waals surface area contributed by atoms with Gasteiger partial charge in [-0.25, -0.2) is 4.98 Å². The minimum Gasteiger partial charge on any atom is -0.431 e. The van der Waals surface area contributed by atoms with Crippen LogP contribution < -0.4 is 4.18 Å². The Bertz CT molecular complexity index is 826. The summed E-state index contributed by atoms with van der Waals surface area (Å²) in [6.07, 6.45) is 0. The molecule has 7 heteroatoms. The number of thioether (sulfide) groups is 1. The molecule has 22 heavy (non-hydrogen) atoms. The molecule has 0 N–H and O–H groups in total. The molecule has 0 bridgehead atoms. The molecule has 114 valence electrons. The van der Waals surface area contributed by atoms with Gasteiger partial charge in [0.1, 0.15) is 11.3 Å². The summed E-state index contributed by atoms with van der Waals surface area (Å²) in [7, 11) is -3.63. The Balaban J connectivity index is 1.58. The second kappa shape index (κ2) is 6.41. The highest BCUT2D eigenvalue weighted by Crippen LogP contribution is 2.23. The van der Waals surface area contributed by atoms with E-state index < -0.39 is 10.1 Å². The van der Waals surface area contributed by atoms with Gasteiger partial charge in [-0.15, -0.1) is 0 Å². The third-order valence-electron chi connectivity index (χ3n) is 2.80. The maximum atomic E-state index is 11.9. The standard InChI is InChI=1S/C15H13NO4S2/c17-22(18,20-12-6-2-1-3-7-12)11-10-21-15-16-13-8-4-5-9-14(13)19-15/h1-9H,10-11H2. The van der Waals surface area contributed by atoms with Gasteiger partial charge in [0, 0.05) is 5.75 Å². The lowest BCUT2D eigenvalue weighted by molar-refractivity contribution is 0.486. The van der Waals surface area contributed by atoms with Crippen LogP contribution in [0.25, 0.3) is 11.1 Å². The van der Waals surface area contributed by atoms with Gasteiger partial charge in [0.25, 0.3) is 5.22 Å². The van der Waals surface area contributed by atoms with Crippen LogP contribution in [-0.2, 0) is 10.1 Å². The van der Waals surface area contributed by atoms with Crippen LogP contribution in [0.5, 0.6) is 5.75 Å². The van der Waals surface area contributed by atoms with Gasteiger partial charge in [0.2, 0.25) is 0 Å². The van der Waals surface area contributed by atoms with Crippen LogP contribution in [-0.4, -0.2) is 24.9 Å². The molecule has 3 aromatic rings. The van der Waals surface area contributed by atoms with E-state index in [9.17, 15) is 8.42 Å². The summed E-state index contributed by atoms with van der Waals surface area (Å²) in [4.78, 5) is 4.28. The maximum absolute atomic E-state index is 11.9. The first-order valence-corrected chi connectivity index (χ1v) is 9.14. The van der Waals surface area contributed by atoms with E-state index in [1.165, 1.54) is 11.8 Å². The molecule has 0 atom stereocenters. The summed E-state index contributed by atoms with van der Waals surface area (Å²) < 4.78 is 34.3. The molecule has 0 unspecified atom stereocenters. The molecule has 3 rings (SSSR count). The predicted octanol–water partition coefficient (Wildman–Crippen LogP) is 3.33. The normalized spacial score (nSPS) is 11.6. The average Bonchev–Trinajstić information content (AvgIpc) is 2.90. The number of nitrogens with zero attached hydrogens (tertiary/aromatic N) is 1. The molecular formula is C15H13NO4S2. The Kier molecular flexibility index (Phi) is 4.35. The molecule has 0 radical (unpaired) electrons. The van der Waals surface area contributed by atoms with Crippen molar-refractivity contribution in [1.29, 1.82) is 0 Å². The van der Waals surface area contributed by atoms with Crippen LogP contribution in [0.1, 0.15) is 0 Å². The summed E-state index contributed by atoms with van der Waals surface area (Å²) in [5.41, 5.74) is 1.45. The molecule has 0 aliphatic rings. The second-order valence-electron chi connectivity index (χ2n) is 4.45. The number of rotatable bonds is 6. The fraction of sp³-hybridized carbons (Fsp3) is 0.133. The molecule has 1 aromatic heterocycles. The molecule has 0 aliphatic carbocycles. The minimum absolute atomic E-state index is 0.120. The third kappa shape index (κ3) is 3.80. The molecule has 0 saturated carbocycles. The van der Waals surface area contributed by atoms with Crippen molar-refractivity contribution in [3.05, 3.63) is 54.6 Å². The summed E-state index contributed by atoms with van der Waals surface area (Å²) >= 11 is 1.25. The number of fused-ring (bicyclic) bond motifs is 1. The van der Waals surface area contributed by atoms with Crippen LogP contribution in [0.3, 0.4) is 0 Å². The Morgan fingerprint density at radius 1 is 1.05 bits per heavy atom. The van der Waals surface area contributed by atoms with Crippen LogP contribution in [0.15, 0.2) is 64.2 Å². The van der Waals surface area contributed by atoms with Gasteiger partial charge >= 0.3 is 10.1 Å². The summed E-state index contributed by atoms with van der Waals surface area (Å²) in [6.45, 7) is 0. The van der Waals surface area contributed by atoms with Crippen molar-refractivity contribution >= 4 is 33.0 Å². The van der Waals surface area contributed by atoms with Gasteiger partial charge < -0.3 is 8.60 Å². The number of aromatic nitrogens is 1. The summed E-state index contributed by atoms with van der Waals surface area (Å²) in [6, 6.07) is 15.8. The molecule has 1 heterocycles. The second-order valence-corrected chi connectivity index (χ2v) is 7.19. The van der Waals surface area contributed by atoms with E-state index in [0.717, 1.165) is 5.52 Å². The Labute approximate surface area is 132 Å². The molecule has 0 saturated heterocycles. The lowest BCUT2D eigenvalue weighted by Crippen LogP contribution is -2.15. The van der Waals surface area contributed by atoms with E-state index in [0.29, 0.717) is 22.3 Å². The Morgan fingerprint density at radius 3 is 2.55 bits per heavy atom. The summed E-state index contributed by atoms with van der Waals surface area (Å²) in [5.74, 6) is 0.502. The van der Waals surface area contributed by atoms with E-state index in [-0.39, 0.29) is 5.75 Å². The molecular weight excluding hydrogens is 322 g/mol. The highest BCUT2D eigenvalue weighted by atomic mass is 32.2. The fourth-order valence-corrected chi connectivity index (χ4v) is 3.93. The smallest absolute Gasteiger partial charge is 0.310 e. The SMILES string of the molecule is O=S(=O)(CCSc1nc2ccccc2o1)Oc1ccccc1. The topological polar surface area (TPSA) is 69.4 Å². The first-order chi connectivity index (χ1) is 10.6. The van der Waals surface area contributed by atoms with E-state index in [4.69, 9.17) is 8.60 Å². The molecule has 0 aliphatic heterocycles. The van der Waals surface area contributed by atoms with Gasteiger partial charge in [0.15, 0.2) is 5.58 Å². The molecule has 5 nitrogen and oxygen atoms in total. The Hall–Kier alpha value is -1.99. The van der Waals surface area contributed by atoms with E-state index in [1.54, 1.807) is 30.3 Å². The van der Waals surface area contributed by atoms with Crippen molar-refractivity contribution in [2.24, 2.45) is 0 Å². The number of hydrogen-bond donors (Lipinski definition) is 0. The lowest BCUT2D eigenvalue weighted by atomic mass is 10.3. The van der Waals surface area contributed by atoms with Gasteiger partial charge in [-0.2, -0.15) is 8.42 Å². The van der Waals surface area contributed by atoms with E-state index >= 15 is 0 Å². The van der Waals surface area contributed by atoms with Crippen LogP contribution in [0.4, 0.5) is 0 Å². The predicted molar refractivity (Wildman–Crippen MR) is 85.6 cm³/mol. The van der Waals surface area contributed by atoms with E-state index in [2.05, 4.69) is 4.98 Å². The molecule has 2 aromatic carbocycles. The van der Waals surface area contributed by atoms with Crippen molar-refractivity contribution in [3.8, 4) is 5.75 Å².